The molecule has 3 aromatic rings. The van der Waals surface area contributed by atoms with Crippen LogP contribution in [0.2, 0.25) is 0 Å². The third kappa shape index (κ3) is 2.92. The van der Waals surface area contributed by atoms with Crippen LogP contribution in [0, 0.1) is 17.0 Å². The Morgan fingerprint density at radius 2 is 1.79 bits per heavy atom. The number of hydrogen-bond donors (Lipinski definition) is 2. The molecule has 3 aliphatic carbocycles. The summed E-state index contributed by atoms with van der Waals surface area (Å²) in [6.07, 6.45) is 5.89. The van der Waals surface area contributed by atoms with Crippen LogP contribution in [0.3, 0.4) is 0 Å². The fourth-order valence-electron chi connectivity index (χ4n) is 5.61. The molecule has 150 valence electrons. The molecule has 2 N–H and O–H groups in total. The van der Waals surface area contributed by atoms with Gasteiger partial charge in [-0.1, -0.05) is 18.2 Å². The van der Waals surface area contributed by atoms with E-state index in [1.165, 1.54) is 35.0 Å². The molecule has 2 aromatic carbocycles. The SMILES string of the molecule is Oc1ccc(C23CC(CC(O)(Cn4cncn4)c4ccc(F)cc4F)(C2)C3)cc1. The lowest BCUT2D eigenvalue weighted by molar-refractivity contribution is -0.188. The van der Waals surface area contributed by atoms with E-state index in [4.69, 9.17) is 0 Å². The van der Waals surface area contributed by atoms with E-state index in [2.05, 4.69) is 10.1 Å². The van der Waals surface area contributed by atoms with Crippen LogP contribution in [0.25, 0.3) is 0 Å². The Hall–Kier alpha value is -2.80. The molecule has 3 saturated carbocycles. The second-order valence-electron chi connectivity index (χ2n) is 8.78. The molecule has 3 fully saturated rings. The van der Waals surface area contributed by atoms with E-state index in [0.717, 1.165) is 25.3 Å². The lowest BCUT2D eigenvalue weighted by Gasteiger charge is -2.72. The number of phenolic OH excluding ortho intramolecular Hbond substituents is 1. The van der Waals surface area contributed by atoms with Crippen LogP contribution >= 0.6 is 0 Å². The fourth-order valence-corrected chi connectivity index (χ4v) is 5.61. The van der Waals surface area contributed by atoms with Crippen molar-refractivity contribution in [1.82, 2.24) is 14.8 Å². The first-order chi connectivity index (χ1) is 13.8. The van der Waals surface area contributed by atoms with Gasteiger partial charge in [0.05, 0.1) is 6.54 Å². The number of benzene rings is 2. The van der Waals surface area contributed by atoms with Gasteiger partial charge in [0.15, 0.2) is 0 Å². The quantitative estimate of drug-likeness (QED) is 0.666. The number of aliphatic hydroxyl groups is 1. The maximum Gasteiger partial charge on any atom is 0.137 e. The molecule has 0 aliphatic heterocycles. The Bertz CT molecular complexity index is 1030. The van der Waals surface area contributed by atoms with Crippen LogP contribution in [0.4, 0.5) is 8.78 Å². The minimum atomic E-state index is -1.52. The molecule has 2 bridgehead atoms. The minimum absolute atomic E-state index is 0.0452. The van der Waals surface area contributed by atoms with Gasteiger partial charge in [0.25, 0.3) is 0 Å². The molecule has 6 rings (SSSR count). The highest BCUT2D eigenvalue weighted by Crippen LogP contribution is 2.76. The summed E-state index contributed by atoms with van der Waals surface area (Å²) in [5.74, 6) is -1.19. The standard InChI is InChI=1S/C22H21F2N3O2/c23-16-3-6-18(19(24)7-16)22(29,12-27-14-25-13-26-27)11-20-8-21(9-20,10-20)15-1-4-17(28)5-2-15/h1-7,13-14,28-29H,8-12H2. The van der Waals surface area contributed by atoms with Gasteiger partial charge in [-0.3, -0.25) is 0 Å². The Morgan fingerprint density at radius 1 is 1.07 bits per heavy atom. The average molecular weight is 397 g/mol. The summed E-state index contributed by atoms with van der Waals surface area (Å²) in [6, 6.07) is 10.6. The molecule has 7 heteroatoms. The van der Waals surface area contributed by atoms with Gasteiger partial charge in [-0.2, -0.15) is 5.10 Å². The fraction of sp³-hybridized carbons (Fsp3) is 0.364. The van der Waals surface area contributed by atoms with Gasteiger partial charge in [-0.25, -0.2) is 18.4 Å². The largest absolute Gasteiger partial charge is 0.508 e. The average Bonchev–Trinajstić information content (AvgIpc) is 3.10. The van der Waals surface area contributed by atoms with E-state index in [1.54, 1.807) is 12.1 Å². The highest BCUT2D eigenvalue weighted by Gasteiger charge is 2.69. The number of aromatic nitrogens is 3. The van der Waals surface area contributed by atoms with Crippen LogP contribution in [-0.2, 0) is 17.6 Å². The van der Waals surface area contributed by atoms with Crippen molar-refractivity contribution in [2.75, 3.05) is 0 Å². The van der Waals surface area contributed by atoms with Crippen LogP contribution in [0.1, 0.15) is 36.8 Å². The lowest BCUT2D eigenvalue weighted by atomic mass is 9.32. The smallest absolute Gasteiger partial charge is 0.137 e. The predicted molar refractivity (Wildman–Crippen MR) is 101 cm³/mol. The summed E-state index contributed by atoms with van der Waals surface area (Å²) in [4.78, 5) is 3.90. The number of rotatable bonds is 6. The van der Waals surface area contributed by atoms with Crippen molar-refractivity contribution in [2.45, 2.75) is 43.2 Å². The number of hydrogen-bond acceptors (Lipinski definition) is 4. The monoisotopic (exact) mass is 397 g/mol. The van der Waals surface area contributed by atoms with E-state index >= 15 is 0 Å². The second kappa shape index (κ2) is 6.10. The lowest BCUT2D eigenvalue weighted by Crippen LogP contribution is -2.66. The molecular weight excluding hydrogens is 376 g/mol. The van der Waals surface area contributed by atoms with E-state index in [0.29, 0.717) is 6.42 Å². The predicted octanol–water partition coefficient (Wildman–Crippen LogP) is 3.66. The highest BCUT2D eigenvalue weighted by molar-refractivity contribution is 5.41. The van der Waals surface area contributed by atoms with Crippen molar-refractivity contribution in [3.8, 4) is 5.75 Å². The molecule has 29 heavy (non-hydrogen) atoms. The molecular formula is C22H21F2N3O2. The maximum atomic E-state index is 14.6. The molecule has 1 aromatic heterocycles. The van der Waals surface area contributed by atoms with Crippen LogP contribution < -0.4 is 0 Å². The first-order valence-corrected chi connectivity index (χ1v) is 9.62. The summed E-state index contributed by atoms with van der Waals surface area (Å²) < 4.78 is 29.5. The van der Waals surface area contributed by atoms with Crippen molar-refractivity contribution in [1.29, 1.82) is 0 Å². The van der Waals surface area contributed by atoms with Crippen molar-refractivity contribution < 1.29 is 19.0 Å². The van der Waals surface area contributed by atoms with Gasteiger partial charge in [-0.15, -0.1) is 0 Å². The van der Waals surface area contributed by atoms with Crippen molar-refractivity contribution >= 4 is 0 Å². The number of halogens is 2. The van der Waals surface area contributed by atoms with Crippen LogP contribution in [-0.4, -0.2) is 25.0 Å². The molecule has 0 spiro atoms. The summed E-state index contributed by atoms with van der Waals surface area (Å²) in [7, 11) is 0. The highest BCUT2D eigenvalue weighted by atomic mass is 19.1. The van der Waals surface area contributed by atoms with Gasteiger partial charge in [-0.05, 0) is 60.3 Å². The molecule has 5 nitrogen and oxygen atoms in total. The Labute approximate surface area is 166 Å². The third-order valence-corrected chi connectivity index (χ3v) is 6.61. The Kier molecular flexibility index (Phi) is 3.84. The first kappa shape index (κ1) is 18.2. The summed E-state index contributed by atoms with van der Waals surface area (Å²) in [5.41, 5.74) is -0.271. The summed E-state index contributed by atoms with van der Waals surface area (Å²) in [5, 5.41) is 25.1. The van der Waals surface area contributed by atoms with Gasteiger partial charge < -0.3 is 10.2 Å². The molecule has 1 atom stereocenters. The molecule has 0 radical (unpaired) electrons. The number of aromatic hydroxyl groups is 1. The minimum Gasteiger partial charge on any atom is -0.508 e. The van der Waals surface area contributed by atoms with Crippen molar-refractivity contribution in [3.05, 3.63) is 77.9 Å². The number of nitrogens with zero attached hydrogens (tertiary/aromatic N) is 3. The topological polar surface area (TPSA) is 71.2 Å². The zero-order chi connectivity index (χ0) is 20.3. The van der Waals surface area contributed by atoms with Gasteiger partial charge >= 0.3 is 0 Å². The zero-order valence-electron chi connectivity index (χ0n) is 15.7. The van der Waals surface area contributed by atoms with Gasteiger partial charge in [0.2, 0.25) is 0 Å². The molecule has 0 saturated heterocycles. The third-order valence-electron chi connectivity index (χ3n) is 6.61. The van der Waals surface area contributed by atoms with Crippen molar-refractivity contribution in [2.24, 2.45) is 5.41 Å². The molecule has 1 heterocycles. The van der Waals surface area contributed by atoms with Gasteiger partial charge in [0.1, 0.15) is 35.6 Å². The van der Waals surface area contributed by atoms with E-state index < -0.39 is 17.2 Å². The maximum absolute atomic E-state index is 14.6. The van der Waals surface area contributed by atoms with E-state index in [-0.39, 0.29) is 28.7 Å². The molecule has 0 amide bonds. The summed E-state index contributed by atoms with van der Waals surface area (Å²) in [6.45, 7) is 0.0452. The normalized spacial score (nSPS) is 27.0. The van der Waals surface area contributed by atoms with Crippen molar-refractivity contribution in [3.63, 3.8) is 0 Å². The second-order valence-corrected chi connectivity index (χ2v) is 8.78. The first-order valence-electron chi connectivity index (χ1n) is 9.62. The van der Waals surface area contributed by atoms with Crippen LogP contribution in [0.15, 0.2) is 55.1 Å². The molecule has 3 aliphatic rings. The van der Waals surface area contributed by atoms with Crippen LogP contribution in [0.5, 0.6) is 5.75 Å². The zero-order valence-corrected chi connectivity index (χ0v) is 15.7. The number of phenols is 1. The molecule has 1 unspecified atom stereocenters. The van der Waals surface area contributed by atoms with Gasteiger partial charge in [0, 0.05) is 11.6 Å². The Balaban J connectivity index is 1.41. The summed E-state index contributed by atoms with van der Waals surface area (Å²) >= 11 is 0. The van der Waals surface area contributed by atoms with E-state index in [9.17, 15) is 19.0 Å². The van der Waals surface area contributed by atoms with E-state index in [1.807, 2.05) is 12.1 Å². The Morgan fingerprint density at radius 3 is 2.41 bits per heavy atom.